The number of nitriles is 1. The number of fused-ring (bicyclic) bond motifs is 1. The van der Waals surface area contributed by atoms with Crippen LogP contribution in [0.4, 0.5) is 0 Å². The maximum Gasteiger partial charge on any atom is 0.195 e. The molecule has 3 aromatic heterocycles. The van der Waals surface area contributed by atoms with Crippen molar-refractivity contribution < 1.29 is 4.74 Å². The molecule has 0 aliphatic carbocycles. The van der Waals surface area contributed by atoms with Crippen molar-refractivity contribution in [3.63, 3.8) is 0 Å². The van der Waals surface area contributed by atoms with Gasteiger partial charge in [0.05, 0.1) is 41.9 Å². The van der Waals surface area contributed by atoms with E-state index < -0.39 is 0 Å². The van der Waals surface area contributed by atoms with E-state index in [4.69, 9.17) is 9.72 Å². The SMILES string of the molecule is CCCOc1ccc(-c2nc3scc(-c4ccccn4)n3c2CC#N)cc1. The molecule has 0 N–H and O–H groups in total. The average Bonchev–Trinajstić information content (AvgIpc) is 3.28. The summed E-state index contributed by atoms with van der Waals surface area (Å²) >= 11 is 1.56. The third kappa shape index (κ3) is 3.29. The monoisotopic (exact) mass is 374 g/mol. The van der Waals surface area contributed by atoms with Crippen molar-refractivity contribution in [3.8, 4) is 34.5 Å². The van der Waals surface area contributed by atoms with E-state index in [1.165, 1.54) is 0 Å². The van der Waals surface area contributed by atoms with Gasteiger partial charge < -0.3 is 4.74 Å². The molecule has 134 valence electrons. The summed E-state index contributed by atoms with van der Waals surface area (Å²) in [5.41, 5.74) is 4.53. The Morgan fingerprint density at radius 2 is 2.04 bits per heavy atom. The first-order valence-corrected chi connectivity index (χ1v) is 9.70. The van der Waals surface area contributed by atoms with E-state index in [1.807, 2.05) is 52.2 Å². The summed E-state index contributed by atoms with van der Waals surface area (Å²) in [5.74, 6) is 0.845. The fraction of sp³-hybridized carbons (Fsp3) is 0.190. The summed E-state index contributed by atoms with van der Waals surface area (Å²) in [6.07, 6.45) is 3.03. The zero-order valence-corrected chi connectivity index (χ0v) is 15.7. The number of benzene rings is 1. The molecule has 4 rings (SSSR count). The first-order chi connectivity index (χ1) is 13.3. The smallest absolute Gasteiger partial charge is 0.195 e. The summed E-state index contributed by atoms with van der Waals surface area (Å²) in [5, 5.41) is 11.4. The van der Waals surface area contributed by atoms with Gasteiger partial charge in [-0.15, -0.1) is 11.3 Å². The molecule has 0 unspecified atom stereocenters. The van der Waals surface area contributed by atoms with Crippen LogP contribution in [-0.2, 0) is 6.42 Å². The first-order valence-electron chi connectivity index (χ1n) is 8.82. The van der Waals surface area contributed by atoms with Gasteiger partial charge in [0.1, 0.15) is 5.75 Å². The van der Waals surface area contributed by atoms with Crippen LogP contribution in [0.1, 0.15) is 19.0 Å². The van der Waals surface area contributed by atoms with E-state index in [-0.39, 0.29) is 6.42 Å². The van der Waals surface area contributed by atoms with E-state index in [1.54, 1.807) is 17.5 Å². The molecule has 0 aliphatic heterocycles. The molecular weight excluding hydrogens is 356 g/mol. The van der Waals surface area contributed by atoms with Crippen molar-refractivity contribution in [1.29, 1.82) is 5.26 Å². The summed E-state index contributed by atoms with van der Waals surface area (Å²) in [6.45, 7) is 2.78. The lowest BCUT2D eigenvalue weighted by atomic mass is 10.1. The van der Waals surface area contributed by atoms with Gasteiger partial charge in [-0.2, -0.15) is 5.26 Å². The van der Waals surface area contributed by atoms with Crippen LogP contribution in [0, 0.1) is 11.3 Å². The minimum Gasteiger partial charge on any atom is -0.494 e. The highest BCUT2D eigenvalue weighted by molar-refractivity contribution is 7.15. The molecule has 0 fully saturated rings. The zero-order valence-electron chi connectivity index (χ0n) is 14.9. The second-order valence-electron chi connectivity index (χ2n) is 6.07. The second kappa shape index (κ2) is 7.60. The molecule has 0 spiro atoms. The highest BCUT2D eigenvalue weighted by Crippen LogP contribution is 2.33. The van der Waals surface area contributed by atoms with Crippen molar-refractivity contribution in [2.45, 2.75) is 19.8 Å². The molecule has 1 aromatic carbocycles. The largest absolute Gasteiger partial charge is 0.494 e. The summed E-state index contributed by atoms with van der Waals surface area (Å²) in [4.78, 5) is 10.1. The molecular formula is C21H18N4OS. The van der Waals surface area contributed by atoms with Crippen molar-refractivity contribution in [3.05, 3.63) is 59.7 Å². The van der Waals surface area contributed by atoms with Crippen molar-refractivity contribution >= 4 is 16.3 Å². The second-order valence-corrected chi connectivity index (χ2v) is 6.91. The van der Waals surface area contributed by atoms with Crippen LogP contribution in [0.3, 0.4) is 0 Å². The Morgan fingerprint density at radius 1 is 1.19 bits per heavy atom. The predicted molar refractivity (Wildman–Crippen MR) is 107 cm³/mol. The molecule has 4 aromatic rings. The third-order valence-corrected chi connectivity index (χ3v) is 5.06. The van der Waals surface area contributed by atoms with Gasteiger partial charge >= 0.3 is 0 Å². The third-order valence-electron chi connectivity index (χ3n) is 4.23. The lowest BCUT2D eigenvalue weighted by Gasteiger charge is -2.06. The van der Waals surface area contributed by atoms with Crippen LogP contribution in [0.2, 0.25) is 0 Å². The van der Waals surface area contributed by atoms with Crippen LogP contribution in [0.5, 0.6) is 5.75 Å². The van der Waals surface area contributed by atoms with Gasteiger partial charge in [-0.3, -0.25) is 9.38 Å². The van der Waals surface area contributed by atoms with Crippen LogP contribution in [0.25, 0.3) is 27.6 Å². The molecule has 0 bridgehead atoms. The number of rotatable bonds is 6. The normalized spacial score (nSPS) is 10.8. The van der Waals surface area contributed by atoms with Crippen molar-refractivity contribution in [2.75, 3.05) is 6.61 Å². The number of hydrogen-bond donors (Lipinski definition) is 0. The average molecular weight is 374 g/mol. The van der Waals surface area contributed by atoms with Gasteiger partial charge in [0.15, 0.2) is 4.96 Å². The van der Waals surface area contributed by atoms with Gasteiger partial charge in [0.25, 0.3) is 0 Å². The number of thiazole rings is 1. The lowest BCUT2D eigenvalue weighted by molar-refractivity contribution is 0.317. The number of ether oxygens (including phenoxy) is 1. The van der Waals surface area contributed by atoms with Crippen LogP contribution < -0.4 is 4.74 Å². The number of imidazole rings is 1. The molecule has 3 heterocycles. The summed E-state index contributed by atoms with van der Waals surface area (Å²) in [6, 6.07) is 16.0. The molecule has 5 nitrogen and oxygen atoms in total. The first kappa shape index (κ1) is 17.3. The molecule has 0 saturated carbocycles. The molecule has 0 radical (unpaired) electrons. The fourth-order valence-electron chi connectivity index (χ4n) is 3.01. The minimum absolute atomic E-state index is 0.279. The van der Waals surface area contributed by atoms with E-state index in [9.17, 15) is 5.26 Å². The van der Waals surface area contributed by atoms with Gasteiger partial charge in [-0.05, 0) is 42.8 Å². The number of hydrogen-bond acceptors (Lipinski definition) is 5. The molecule has 0 atom stereocenters. The Bertz CT molecular complexity index is 1090. The van der Waals surface area contributed by atoms with E-state index in [0.29, 0.717) is 6.61 Å². The Kier molecular flexibility index (Phi) is 4.86. The van der Waals surface area contributed by atoms with Crippen LogP contribution in [0.15, 0.2) is 54.0 Å². The Hall–Kier alpha value is -3.17. The summed E-state index contributed by atoms with van der Waals surface area (Å²) in [7, 11) is 0. The quantitative estimate of drug-likeness (QED) is 0.477. The number of nitrogens with zero attached hydrogens (tertiary/aromatic N) is 4. The van der Waals surface area contributed by atoms with E-state index >= 15 is 0 Å². The van der Waals surface area contributed by atoms with Gasteiger partial charge in [-0.1, -0.05) is 13.0 Å². The molecule has 0 aliphatic rings. The maximum absolute atomic E-state index is 9.39. The van der Waals surface area contributed by atoms with E-state index in [2.05, 4.69) is 18.0 Å². The van der Waals surface area contributed by atoms with Gasteiger partial charge in [-0.25, -0.2) is 4.98 Å². The summed E-state index contributed by atoms with van der Waals surface area (Å²) < 4.78 is 7.71. The van der Waals surface area contributed by atoms with Crippen LogP contribution >= 0.6 is 11.3 Å². The number of aromatic nitrogens is 3. The zero-order chi connectivity index (χ0) is 18.6. The van der Waals surface area contributed by atoms with Gasteiger partial charge in [0.2, 0.25) is 0 Å². The molecule has 0 amide bonds. The number of pyridine rings is 1. The van der Waals surface area contributed by atoms with Crippen molar-refractivity contribution in [2.24, 2.45) is 0 Å². The van der Waals surface area contributed by atoms with Crippen molar-refractivity contribution in [1.82, 2.24) is 14.4 Å². The molecule has 6 heteroatoms. The Morgan fingerprint density at radius 3 is 2.74 bits per heavy atom. The Balaban J connectivity index is 1.81. The Labute approximate surface area is 161 Å². The topological polar surface area (TPSA) is 63.2 Å². The maximum atomic E-state index is 9.39. The predicted octanol–water partition coefficient (Wildman–Crippen LogP) is 4.98. The van der Waals surface area contributed by atoms with Gasteiger partial charge in [0, 0.05) is 17.1 Å². The highest BCUT2D eigenvalue weighted by atomic mass is 32.1. The molecule has 27 heavy (non-hydrogen) atoms. The van der Waals surface area contributed by atoms with E-state index in [0.717, 1.165) is 45.5 Å². The standard InChI is InChI=1S/C21H18N4OS/c1-2-13-26-16-8-6-15(7-9-16)20-18(10-11-22)25-19(14-27-21(25)24-20)17-5-3-4-12-23-17/h3-9,12,14H,2,10,13H2,1H3. The van der Waals surface area contributed by atoms with Crippen LogP contribution in [-0.4, -0.2) is 21.0 Å². The lowest BCUT2D eigenvalue weighted by Crippen LogP contribution is -1.97. The fourth-order valence-corrected chi connectivity index (χ4v) is 3.91. The molecule has 0 saturated heterocycles. The highest BCUT2D eigenvalue weighted by Gasteiger charge is 2.19. The minimum atomic E-state index is 0.279.